The molecule has 0 radical (unpaired) electrons. The first-order chi connectivity index (χ1) is 9.60. The molecule has 0 spiro atoms. The maximum absolute atomic E-state index is 11.0. The molecular formula is C12H13ClN4O3. The molecule has 1 heterocycles. The lowest BCUT2D eigenvalue weighted by Gasteiger charge is -2.03. The summed E-state index contributed by atoms with van der Waals surface area (Å²) in [5.41, 5.74) is 1.22. The number of aryl methyl sites for hydroxylation is 1. The van der Waals surface area contributed by atoms with Gasteiger partial charge in [-0.2, -0.15) is 0 Å². The standard InChI is InChI=1S/C12H13ClN4O3/c13-10-4-3-9(12(6-10)17(19)20)7-16-8-11(14-15-16)2-1-5-18/h3-4,6,8,18H,1-2,5,7H2. The third-order valence-corrected chi connectivity index (χ3v) is 2.99. The summed E-state index contributed by atoms with van der Waals surface area (Å²) >= 11 is 5.76. The number of aliphatic hydroxyl groups excluding tert-OH is 1. The van der Waals surface area contributed by atoms with Crippen LogP contribution in [0.1, 0.15) is 17.7 Å². The number of aliphatic hydroxyl groups is 1. The highest BCUT2D eigenvalue weighted by molar-refractivity contribution is 6.30. The molecule has 0 aliphatic carbocycles. The van der Waals surface area contributed by atoms with Crippen molar-refractivity contribution >= 4 is 17.3 Å². The van der Waals surface area contributed by atoms with Crippen LogP contribution in [0.4, 0.5) is 5.69 Å². The third-order valence-electron chi connectivity index (χ3n) is 2.75. The van der Waals surface area contributed by atoms with E-state index < -0.39 is 4.92 Å². The largest absolute Gasteiger partial charge is 0.396 e. The van der Waals surface area contributed by atoms with Gasteiger partial charge in [0.05, 0.1) is 22.7 Å². The Bertz CT molecular complexity index is 614. The van der Waals surface area contributed by atoms with E-state index in [-0.39, 0.29) is 18.8 Å². The Morgan fingerprint density at radius 2 is 2.25 bits per heavy atom. The van der Waals surface area contributed by atoms with E-state index >= 15 is 0 Å². The predicted molar refractivity (Wildman–Crippen MR) is 72.6 cm³/mol. The Hall–Kier alpha value is -1.99. The van der Waals surface area contributed by atoms with Crippen molar-refractivity contribution in [1.29, 1.82) is 0 Å². The monoisotopic (exact) mass is 296 g/mol. The van der Waals surface area contributed by atoms with Crippen LogP contribution in [0.15, 0.2) is 24.4 Å². The molecule has 0 bridgehead atoms. The Kier molecular flexibility index (Phi) is 4.65. The van der Waals surface area contributed by atoms with Gasteiger partial charge in [-0.25, -0.2) is 4.68 Å². The minimum atomic E-state index is -0.467. The van der Waals surface area contributed by atoms with Gasteiger partial charge in [-0.15, -0.1) is 5.10 Å². The van der Waals surface area contributed by atoms with Gasteiger partial charge in [0, 0.05) is 23.9 Å². The molecule has 0 aliphatic rings. The lowest BCUT2D eigenvalue weighted by molar-refractivity contribution is -0.385. The molecule has 0 unspecified atom stereocenters. The summed E-state index contributed by atoms with van der Waals surface area (Å²) < 4.78 is 1.53. The van der Waals surface area contributed by atoms with Gasteiger partial charge in [0.1, 0.15) is 0 Å². The van der Waals surface area contributed by atoms with Crippen LogP contribution < -0.4 is 0 Å². The highest BCUT2D eigenvalue weighted by atomic mass is 35.5. The maximum atomic E-state index is 11.0. The molecule has 0 atom stereocenters. The lowest BCUT2D eigenvalue weighted by Crippen LogP contribution is -2.04. The van der Waals surface area contributed by atoms with Gasteiger partial charge < -0.3 is 5.11 Å². The van der Waals surface area contributed by atoms with Crippen molar-refractivity contribution in [2.45, 2.75) is 19.4 Å². The van der Waals surface area contributed by atoms with E-state index in [0.29, 0.717) is 23.4 Å². The van der Waals surface area contributed by atoms with E-state index in [1.165, 1.54) is 10.7 Å². The van der Waals surface area contributed by atoms with Crippen LogP contribution >= 0.6 is 11.6 Å². The Balaban J connectivity index is 2.17. The number of aromatic nitrogens is 3. The van der Waals surface area contributed by atoms with Crippen molar-refractivity contribution in [3.8, 4) is 0 Å². The SMILES string of the molecule is O=[N+]([O-])c1cc(Cl)ccc1Cn1cc(CCCO)nn1. The average molecular weight is 297 g/mol. The van der Waals surface area contributed by atoms with Crippen LogP contribution in [0.5, 0.6) is 0 Å². The van der Waals surface area contributed by atoms with Gasteiger partial charge in [0.25, 0.3) is 5.69 Å². The molecule has 7 nitrogen and oxygen atoms in total. The predicted octanol–water partition coefficient (Wildman–Crippen LogP) is 1.81. The number of hydrogen-bond acceptors (Lipinski definition) is 5. The van der Waals surface area contributed by atoms with Gasteiger partial charge in [-0.1, -0.05) is 16.8 Å². The normalized spacial score (nSPS) is 10.7. The van der Waals surface area contributed by atoms with Crippen LogP contribution in [0.2, 0.25) is 5.02 Å². The fraction of sp³-hybridized carbons (Fsp3) is 0.333. The first-order valence-electron chi connectivity index (χ1n) is 6.03. The van der Waals surface area contributed by atoms with E-state index in [1.807, 2.05) is 0 Å². The molecule has 0 aliphatic heterocycles. The molecule has 2 aromatic rings. The topological polar surface area (TPSA) is 94.1 Å². The third kappa shape index (κ3) is 3.52. The number of benzene rings is 1. The zero-order chi connectivity index (χ0) is 14.5. The summed E-state index contributed by atoms with van der Waals surface area (Å²) in [5, 5.41) is 27.9. The van der Waals surface area contributed by atoms with Crippen molar-refractivity contribution in [3.63, 3.8) is 0 Å². The smallest absolute Gasteiger partial charge is 0.275 e. The Labute approximate surface area is 119 Å². The minimum Gasteiger partial charge on any atom is -0.396 e. The fourth-order valence-corrected chi connectivity index (χ4v) is 1.97. The fourth-order valence-electron chi connectivity index (χ4n) is 1.81. The van der Waals surface area contributed by atoms with Crippen molar-refractivity contribution < 1.29 is 10.0 Å². The molecule has 1 aromatic carbocycles. The highest BCUT2D eigenvalue weighted by Crippen LogP contribution is 2.23. The van der Waals surface area contributed by atoms with Crippen LogP contribution in [-0.2, 0) is 13.0 Å². The molecule has 2 rings (SSSR count). The number of hydrogen-bond donors (Lipinski definition) is 1. The van der Waals surface area contributed by atoms with Gasteiger partial charge in [0.2, 0.25) is 0 Å². The number of nitro groups is 1. The Morgan fingerprint density at radius 3 is 2.95 bits per heavy atom. The summed E-state index contributed by atoms with van der Waals surface area (Å²) in [6.07, 6.45) is 2.95. The summed E-state index contributed by atoms with van der Waals surface area (Å²) in [5.74, 6) is 0. The second kappa shape index (κ2) is 6.44. The van der Waals surface area contributed by atoms with E-state index in [4.69, 9.17) is 16.7 Å². The van der Waals surface area contributed by atoms with E-state index in [1.54, 1.807) is 18.3 Å². The molecular weight excluding hydrogens is 284 g/mol. The van der Waals surface area contributed by atoms with Gasteiger partial charge in [-0.05, 0) is 25.0 Å². The summed E-state index contributed by atoms with van der Waals surface area (Å²) in [7, 11) is 0. The summed E-state index contributed by atoms with van der Waals surface area (Å²) in [6, 6.07) is 4.53. The van der Waals surface area contributed by atoms with Gasteiger partial charge >= 0.3 is 0 Å². The van der Waals surface area contributed by atoms with E-state index in [2.05, 4.69) is 10.3 Å². The first-order valence-corrected chi connectivity index (χ1v) is 6.40. The second-order valence-corrected chi connectivity index (χ2v) is 4.70. The Morgan fingerprint density at radius 1 is 1.45 bits per heavy atom. The van der Waals surface area contributed by atoms with Crippen LogP contribution in [-0.4, -0.2) is 31.6 Å². The van der Waals surface area contributed by atoms with E-state index in [0.717, 1.165) is 5.69 Å². The molecule has 1 N–H and O–H groups in total. The van der Waals surface area contributed by atoms with E-state index in [9.17, 15) is 10.1 Å². The molecule has 8 heteroatoms. The van der Waals surface area contributed by atoms with Gasteiger partial charge in [0.15, 0.2) is 0 Å². The van der Waals surface area contributed by atoms with Crippen LogP contribution in [0, 0.1) is 10.1 Å². The lowest BCUT2D eigenvalue weighted by atomic mass is 10.2. The van der Waals surface area contributed by atoms with Crippen molar-refractivity contribution in [3.05, 3.63) is 50.8 Å². The van der Waals surface area contributed by atoms with Gasteiger partial charge in [-0.3, -0.25) is 10.1 Å². The second-order valence-electron chi connectivity index (χ2n) is 4.26. The van der Waals surface area contributed by atoms with Crippen molar-refractivity contribution in [1.82, 2.24) is 15.0 Å². The highest BCUT2D eigenvalue weighted by Gasteiger charge is 2.15. The zero-order valence-corrected chi connectivity index (χ0v) is 11.3. The van der Waals surface area contributed by atoms with Crippen molar-refractivity contribution in [2.24, 2.45) is 0 Å². The number of nitro benzene ring substituents is 1. The molecule has 0 saturated heterocycles. The number of nitrogens with zero attached hydrogens (tertiary/aromatic N) is 4. The first kappa shape index (κ1) is 14.4. The summed E-state index contributed by atoms with van der Waals surface area (Å²) in [4.78, 5) is 10.5. The zero-order valence-electron chi connectivity index (χ0n) is 10.6. The number of halogens is 1. The van der Waals surface area contributed by atoms with Crippen molar-refractivity contribution in [2.75, 3.05) is 6.61 Å². The van der Waals surface area contributed by atoms with Crippen LogP contribution in [0.3, 0.4) is 0 Å². The molecule has 0 fully saturated rings. The molecule has 20 heavy (non-hydrogen) atoms. The molecule has 1 aromatic heterocycles. The maximum Gasteiger partial charge on any atom is 0.275 e. The average Bonchev–Trinajstić information content (AvgIpc) is 2.86. The summed E-state index contributed by atoms with van der Waals surface area (Å²) in [6.45, 7) is 0.342. The molecule has 106 valence electrons. The number of rotatable bonds is 6. The minimum absolute atomic E-state index is 0.0371. The quantitative estimate of drug-likeness (QED) is 0.648. The molecule has 0 saturated carbocycles. The van der Waals surface area contributed by atoms with Crippen LogP contribution in [0.25, 0.3) is 0 Å². The molecule has 0 amide bonds.